The topological polar surface area (TPSA) is 82.3 Å². The van der Waals surface area contributed by atoms with Crippen molar-refractivity contribution in [1.82, 2.24) is 10.3 Å². The van der Waals surface area contributed by atoms with Crippen molar-refractivity contribution in [1.29, 1.82) is 0 Å². The van der Waals surface area contributed by atoms with Gasteiger partial charge in [0.1, 0.15) is 0 Å². The van der Waals surface area contributed by atoms with E-state index in [1.54, 1.807) is 18.2 Å². The molecule has 6 nitrogen and oxygen atoms in total. The van der Waals surface area contributed by atoms with Gasteiger partial charge < -0.3 is 10.3 Å². The summed E-state index contributed by atoms with van der Waals surface area (Å²) in [6.45, 7) is 3.11. The van der Waals surface area contributed by atoms with E-state index in [4.69, 9.17) is 0 Å². The van der Waals surface area contributed by atoms with Crippen LogP contribution >= 0.6 is 0 Å². The number of hydrogen-bond donors (Lipinski definition) is 2. The Kier molecular flexibility index (Phi) is 5.08. The molecule has 0 fully saturated rings. The number of carbonyl (C=O) groups is 1. The number of benzene rings is 2. The molecule has 1 amide bonds. The number of aromatic amines is 1. The van der Waals surface area contributed by atoms with Gasteiger partial charge in [0, 0.05) is 35.8 Å². The second-order valence-electron chi connectivity index (χ2n) is 7.44. The maximum atomic E-state index is 12.6. The maximum absolute atomic E-state index is 12.6. The molecule has 1 aliphatic rings. The first-order valence-electron chi connectivity index (χ1n) is 9.85. The van der Waals surface area contributed by atoms with E-state index in [0.29, 0.717) is 30.8 Å². The van der Waals surface area contributed by atoms with Gasteiger partial charge in [-0.1, -0.05) is 25.1 Å². The van der Waals surface area contributed by atoms with Gasteiger partial charge in [0.05, 0.1) is 11.9 Å². The summed E-state index contributed by atoms with van der Waals surface area (Å²) in [5, 5.41) is 4.18. The van der Waals surface area contributed by atoms with Gasteiger partial charge in [-0.25, -0.2) is 8.42 Å². The largest absolute Gasteiger partial charge is 0.361 e. The Bertz CT molecular complexity index is 1180. The van der Waals surface area contributed by atoms with Crippen molar-refractivity contribution in [3.63, 3.8) is 0 Å². The van der Waals surface area contributed by atoms with E-state index in [1.165, 1.54) is 32.6 Å². The summed E-state index contributed by atoms with van der Waals surface area (Å²) in [5.41, 5.74) is 5.78. The third kappa shape index (κ3) is 3.74. The first-order chi connectivity index (χ1) is 13.9. The van der Waals surface area contributed by atoms with Crippen LogP contribution in [-0.2, 0) is 29.3 Å². The Balaban J connectivity index is 1.42. The third-order valence-corrected chi connectivity index (χ3v) is 6.72. The Morgan fingerprint density at radius 3 is 2.79 bits per heavy atom. The first-order valence-corrected chi connectivity index (χ1v) is 11.7. The quantitative estimate of drug-likeness (QED) is 0.654. The number of H-pyrrole nitrogens is 1. The lowest BCUT2D eigenvalue weighted by molar-refractivity contribution is 0.0954. The zero-order valence-corrected chi connectivity index (χ0v) is 17.5. The van der Waals surface area contributed by atoms with Gasteiger partial charge >= 0.3 is 0 Å². The van der Waals surface area contributed by atoms with Crippen LogP contribution in [0, 0.1) is 0 Å². The summed E-state index contributed by atoms with van der Waals surface area (Å²) < 4.78 is 25.1. The minimum Gasteiger partial charge on any atom is -0.361 e. The van der Waals surface area contributed by atoms with Crippen molar-refractivity contribution in [2.45, 2.75) is 26.2 Å². The van der Waals surface area contributed by atoms with Crippen molar-refractivity contribution in [3.8, 4) is 0 Å². The lowest BCUT2D eigenvalue weighted by atomic mass is 10.1. The number of aromatic nitrogens is 1. The number of amides is 1. The number of nitrogens with zero attached hydrogens (tertiary/aromatic N) is 1. The van der Waals surface area contributed by atoms with Crippen LogP contribution in [0.15, 0.2) is 42.6 Å². The van der Waals surface area contributed by atoms with Crippen LogP contribution in [0.2, 0.25) is 0 Å². The van der Waals surface area contributed by atoms with Gasteiger partial charge in [0.2, 0.25) is 10.0 Å². The highest BCUT2D eigenvalue weighted by Crippen LogP contribution is 2.30. The number of rotatable bonds is 6. The van der Waals surface area contributed by atoms with E-state index in [0.717, 1.165) is 18.4 Å². The number of hydrogen-bond acceptors (Lipinski definition) is 3. The Labute approximate surface area is 171 Å². The molecule has 0 spiro atoms. The molecule has 0 unspecified atom stereocenters. The second kappa shape index (κ2) is 7.55. The molecule has 152 valence electrons. The van der Waals surface area contributed by atoms with Crippen LogP contribution in [0.4, 0.5) is 5.69 Å². The molecule has 2 heterocycles. The Hall–Kier alpha value is -2.80. The highest BCUT2D eigenvalue weighted by molar-refractivity contribution is 7.92. The highest BCUT2D eigenvalue weighted by Gasteiger charge is 2.26. The summed E-state index contributed by atoms with van der Waals surface area (Å²) >= 11 is 0. The van der Waals surface area contributed by atoms with E-state index in [9.17, 15) is 13.2 Å². The molecular formula is C22H25N3O3S. The van der Waals surface area contributed by atoms with Crippen molar-refractivity contribution < 1.29 is 13.2 Å². The van der Waals surface area contributed by atoms with Crippen LogP contribution in [-0.4, -0.2) is 38.7 Å². The molecule has 2 aromatic carbocycles. The van der Waals surface area contributed by atoms with E-state index < -0.39 is 10.0 Å². The van der Waals surface area contributed by atoms with Crippen molar-refractivity contribution >= 4 is 32.5 Å². The summed E-state index contributed by atoms with van der Waals surface area (Å²) in [6, 6.07) is 11.5. The summed E-state index contributed by atoms with van der Waals surface area (Å²) in [7, 11) is -3.28. The van der Waals surface area contributed by atoms with Crippen LogP contribution < -0.4 is 9.62 Å². The molecule has 7 heteroatoms. The fourth-order valence-electron chi connectivity index (χ4n) is 4.05. The lowest BCUT2D eigenvalue weighted by Crippen LogP contribution is -2.27. The van der Waals surface area contributed by atoms with Crippen molar-refractivity contribution in [2.24, 2.45) is 0 Å². The van der Waals surface area contributed by atoms with Gasteiger partial charge in [-0.15, -0.1) is 0 Å². The number of anilines is 1. The average Bonchev–Trinajstić information content (AvgIpc) is 3.31. The Morgan fingerprint density at radius 1 is 1.21 bits per heavy atom. The minimum absolute atomic E-state index is 0.139. The smallest absolute Gasteiger partial charge is 0.251 e. The number of sulfonamides is 1. The minimum atomic E-state index is -3.28. The molecule has 2 N–H and O–H groups in total. The predicted octanol–water partition coefficient (Wildman–Crippen LogP) is 3.02. The molecule has 4 rings (SSSR count). The van der Waals surface area contributed by atoms with E-state index in [1.807, 2.05) is 6.20 Å². The molecule has 29 heavy (non-hydrogen) atoms. The first kappa shape index (κ1) is 19.5. The van der Waals surface area contributed by atoms with Crippen LogP contribution in [0.25, 0.3) is 10.9 Å². The fraction of sp³-hybridized carbons (Fsp3) is 0.318. The fourth-order valence-corrected chi connectivity index (χ4v) is 5.00. The zero-order chi connectivity index (χ0) is 20.6. The summed E-state index contributed by atoms with van der Waals surface area (Å²) in [6.07, 6.45) is 5.56. The third-order valence-electron chi connectivity index (χ3n) is 5.54. The SMILES string of the molecule is CCc1cccc2c(CCNC(=O)c3ccc4c(c3)CCN4S(C)(=O)=O)c[nH]c12. The molecule has 0 atom stereocenters. The van der Waals surface area contributed by atoms with Crippen LogP contribution in [0.3, 0.4) is 0 Å². The number of aryl methyl sites for hydroxylation is 1. The number of carbonyl (C=O) groups excluding carboxylic acids is 1. The molecule has 0 saturated heterocycles. The van der Waals surface area contributed by atoms with Crippen molar-refractivity contribution in [3.05, 3.63) is 64.8 Å². The van der Waals surface area contributed by atoms with E-state index in [2.05, 4.69) is 35.4 Å². The second-order valence-corrected chi connectivity index (χ2v) is 9.35. The molecular weight excluding hydrogens is 386 g/mol. The van der Waals surface area contributed by atoms with Crippen LogP contribution in [0.5, 0.6) is 0 Å². The molecule has 1 aliphatic heterocycles. The zero-order valence-electron chi connectivity index (χ0n) is 16.7. The highest BCUT2D eigenvalue weighted by atomic mass is 32.2. The number of para-hydroxylation sites is 1. The summed E-state index contributed by atoms with van der Waals surface area (Å²) in [5.74, 6) is -0.139. The molecule has 0 saturated carbocycles. The Morgan fingerprint density at radius 2 is 2.03 bits per heavy atom. The average molecular weight is 412 g/mol. The normalized spacial score (nSPS) is 13.7. The van der Waals surface area contributed by atoms with E-state index >= 15 is 0 Å². The molecule has 0 aliphatic carbocycles. The standard InChI is InChI=1S/C22H25N3O3S/c1-3-15-5-4-6-19-18(14-24-21(15)19)9-11-23-22(26)17-7-8-20-16(13-17)10-12-25(20)29(2,27)28/h4-8,13-14,24H,3,9-12H2,1-2H3,(H,23,26). The van der Waals surface area contributed by atoms with Gasteiger partial charge in [0.15, 0.2) is 0 Å². The van der Waals surface area contributed by atoms with Gasteiger partial charge in [-0.2, -0.15) is 0 Å². The molecule has 0 bridgehead atoms. The van der Waals surface area contributed by atoms with Crippen LogP contribution in [0.1, 0.15) is 34.0 Å². The molecule has 0 radical (unpaired) electrons. The maximum Gasteiger partial charge on any atom is 0.251 e. The van der Waals surface area contributed by atoms with Gasteiger partial charge in [-0.05, 0) is 54.2 Å². The monoisotopic (exact) mass is 411 g/mol. The predicted molar refractivity (Wildman–Crippen MR) is 116 cm³/mol. The molecule has 1 aromatic heterocycles. The number of fused-ring (bicyclic) bond motifs is 2. The lowest BCUT2D eigenvalue weighted by Gasteiger charge is -2.16. The van der Waals surface area contributed by atoms with Gasteiger partial charge in [-0.3, -0.25) is 9.10 Å². The molecule has 3 aromatic rings. The van der Waals surface area contributed by atoms with Crippen molar-refractivity contribution in [2.75, 3.05) is 23.7 Å². The number of nitrogens with one attached hydrogen (secondary N) is 2. The van der Waals surface area contributed by atoms with E-state index in [-0.39, 0.29) is 5.91 Å². The van der Waals surface area contributed by atoms with Gasteiger partial charge in [0.25, 0.3) is 5.91 Å². The summed E-state index contributed by atoms with van der Waals surface area (Å²) in [4.78, 5) is 15.9.